The molecule has 5 heteroatoms. The lowest BCUT2D eigenvalue weighted by Crippen LogP contribution is -2.04. The molecule has 0 saturated carbocycles. The third kappa shape index (κ3) is 2.82. The molecule has 0 fully saturated rings. The largest absolute Gasteiger partial charge is 0.496 e. The number of nitrogens with two attached hydrogens (primary N) is 1. The summed E-state index contributed by atoms with van der Waals surface area (Å²) in [7, 11) is 1.69. The number of benzene rings is 1. The summed E-state index contributed by atoms with van der Waals surface area (Å²) >= 11 is 3.39. The molecule has 0 bridgehead atoms. The van der Waals surface area contributed by atoms with E-state index in [0.29, 0.717) is 11.3 Å². The van der Waals surface area contributed by atoms with Crippen molar-refractivity contribution < 1.29 is 4.74 Å². The van der Waals surface area contributed by atoms with E-state index in [1.165, 1.54) is 5.56 Å². The number of methoxy groups -OCH3 is 1. The van der Waals surface area contributed by atoms with Crippen LogP contribution in [-0.2, 0) is 6.42 Å². The molecule has 19 heavy (non-hydrogen) atoms. The zero-order valence-corrected chi connectivity index (χ0v) is 13.0. The van der Waals surface area contributed by atoms with Crippen molar-refractivity contribution in [3.05, 3.63) is 33.7 Å². The molecule has 0 amide bonds. The second kappa shape index (κ2) is 5.75. The maximum Gasteiger partial charge on any atom is 0.175 e. The van der Waals surface area contributed by atoms with Gasteiger partial charge in [-0.2, -0.15) is 0 Å². The summed E-state index contributed by atoms with van der Waals surface area (Å²) in [4.78, 5) is 7.72. The van der Waals surface area contributed by atoms with Gasteiger partial charge in [0.2, 0.25) is 0 Å². The number of aromatic amines is 1. The summed E-state index contributed by atoms with van der Waals surface area (Å²) in [5, 5.41) is 0. The summed E-state index contributed by atoms with van der Waals surface area (Å²) in [6, 6.07) is 4.20. The fourth-order valence-corrected chi connectivity index (χ4v) is 2.74. The second-order valence-corrected chi connectivity index (χ2v) is 5.31. The topological polar surface area (TPSA) is 63.9 Å². The Balaban J connectivity index is 2.63. The number of rotatable bonds is 4. The summed E-state index contributed by atoms with van der Waals surface area (Å²) in [6.07, 6.45) is 0.754. The molecule has 1 aromatic heterocycles. The number of aromatic nitrogens is 2. The van der Waals surface area contributed by atoms with Crippen LogP contribution in [0.4, 0.5) is 0 Å². The van der Waals surface area contributed by atoms with Gasteiger partial charge in [-0.15, -0.1) is 0 Å². The van der Waals surface area contributed by atoms with Gasteiger partial charge in [-0.3, -0.25) is 0 Å². The normalized spacial score (nSPS) is 10.8. The van der Waals surface area contributed by atoms with Crippen molar-refractivity contribution in [3.63, 3.8) is 0 Å². The summed E-state index contributed by atoms with van der Waals surface area (Å²) < 4.78 is 6.24. The highest BCUT2D eigenvalue weighted by Crippen LogP contribution is 2.35. The lowest BCUT2D eigenvalue weighted by atomic mass is 10.0. The van der Waals surface area contributed by atoms with Crippen LogP contribution in [0.15, 0.2) is 16.9 Å². The zero-order chi connectivity index (χ0) is 14.0. The highest BCUT2D eigenvalue weighted by atomic mass is 79.9. The molecule has 3 N–H and O–H groups in total. The van der Waals surface area contributed by atoms with Crippen molar-refractivity contribution in [1.82, 2.24) is 9.97 Å². The molecule has 2 aromatic rings. The Labute approximate surface area is 121 Å². The number of ether oxygens (including phenoxy) is 1. The van der Waals surface area contributed by atoms with Gasteiger partial charge in [-0.1, -0.05) is 6.07 Å². The van der Waals surface area contributed by atoms with E-state index < -0.39 is 0 Å². The molecule has 0 unspecified atom stereocenters. The number of aryl methyl sites for hydroxylation is 2. The average Bonchev–Trinajstić information content (AvgIpc) is 2.70. The molecule has 1 aromatic carbocycles. The first-order valence-corrected chi connectivity index (χ1v) is 6.96. The van der Waals surface area contributed by atoms with Crippen LogP contribution in [-0.4, -0.2) is 23.6 Å². The predicted molar refractivity (Wildman–Crippen MR) is 80.5 cm³/mol. The standard InChI is InChI=1S/C14H18BrN3O/c1-8-6-9(2)13(19-3)10(7-8)12-11(4-5-16)17-14(15)18-12/h6-7H,4-5,16H2,1-3H3,(H,17,18). The minimum Gasteiger partial charge on any atom is -0.496 e. The van der Waals surface area contributed by atoms with Crippen LogP contribution >= 0.6 is 15.9 Å². The Kier molecular flexibility index (Phi) is 4.27. The molecule has 0 aliphatic heterocycles. The second-order valence-electron chi connectivity index (χ2n) is 4.56. The van der Waals surface area contributed by atoms with Crippen LogP contribution in [0.2, 0.25) is 0 Å². The first-order valence-electron chi connectivity index (χ1n) is 6.17. The molecule has 102 valence electrons. The minimum absolute atomic E-state index is 0.578. The Morgan fingerprint density at radius 1 is 1.37 bits per heavy atom. The van der Waals surface area contributed by atoms with E-state index in [-0.39, 0.29) is 0 Å². The Morgan fingerprint density at radius 3 is 2.74 bits per heavy atom. The number of imidazole rings is 1. The fraction of sp³-hybridized carbons (Fsp3) is 0.357. The molecule has 4 nitrogen and oxygen atoms in total. The Morgan fingerprint density at radius 2 is 2.11 bits per heavy atom. The molecule has 1 heterocycles. The number of halogens is 1. The monoisotopic (exact) mass is 323 g/mol. The zero-order valence-electron chi connectivity index (χ0n) is 11.4. The van der Waals surface area contributed by atoms with E-state index in [9.17, 15) is 0 Å². The summed E-state index contributed by atoms with van der Waals surface area (Å²) in [5.41, 5.74) is 10.9. The maximum atomic E-state index is 5.65. The maximum absolute atomic E-state index is 5.65. The van der Waals surface area contributed by atoms with Crippen LogP contribution in [0.25, 0.3) is 11.3 Å². The van der Waals surface area contributed by atoms with E-state index in [0.717, 1.165) is 34.7 Å². The molecule has 0 aliphatic rings. The van der Waals surface area contributed by atoms with Gasteiger partial charge >= 0.3 is 0 Å². The van der Waals surface area contributed by atoms with Crippen LogP contribution in [0, 0.1) is 13.8 Å². The Hall–Kier alpha value is -1.33. The molecule has 0 spiro atoms. The molecule has 0 atom stereocenters. The molecule has 0 saturated heterocycles. The van der Waals surface area contributed by atoms with Crippen molar-refractivity contribution in [3.8, 4) is 17.0 Å². The average molecular weight is 324 g/mol. The van der Waals surface area contributed by atoms with Gasteiger partial charge in [0.05, 0.1) is 12.8 Å². The smallest absolute Gasteiger partial charge is 0.175 e. The van der Waals surface area contributed by atoms with Gasteiger partial charge < -0.3 is 15.5 Å². The van der Waals surface area contributed by atoms with Crippen molar-refractivity contribution in [2.45, 2.75) is 20.3 Å². The highest BCUT2D eigenvalue weighted by molar-refractivity contribution is 9.10. The number of hydrogen-bond donors (Lipinski definition) is 2. The number of H-pyrrole nitrogens is 1. The summed E-state index contributed by atoms with van der Waals surface area (Å²) in [6.45, 7) is 4.69. The van der Waals surface area contributed by atoms with Crippen LogP contribution < -0.4 is 10.5 Å². The van der Waals surface area contributed by atoms with E-state index in [1.807, 2.05) is 6.92 Å². The van der Waals surface area contributed by atoms with Crippen LogP contribution in [0.5, 0.6) is 5.75 Å². The fourth-order valence-electron chi connectivity index (χ4n) is 2.33. The minimum atomic E-state index is 0.578. The Bertz CT molecular complexity index is 593. The lowest BCUT2D eigenvalue weighted by molar-refractivity contribution is 0.413. The molecule has 0 aliphatic carbocycles. The first kappa shape index (κ1) is 14.1. The van der Waals surface area contributed by atoms with E-state index >= 15 is 0 Å². The van der Waals surface area contributed by atoms with Gasteiger partial charge in [0.25, 0.3) is 0 Å². The molecule has 2 rings (SSSR count). The van der Waals surface area contributed by atoms with E-state index in [4.69, 9.17) is 10.5 Å². The van der Waals surface area contributed by atoms with Gasteiger partial charge in [-0.05, 0) is 53.5 Å². The first-order chi connectivity index (χ1) is 9.06. The van der Waals surface area contributed by atoms with Crippen LogP contribution in [0.3, 0.4) is 0 Å². The number of hydrogen-bond acceptors (Lipinski definition) is 3. The lowest BCUT2D eigenvalue weighted by Gasteiger charge is -2.12. The van der Waals surface area contributed by atoms with E-state index in [2.05, 4.69) is 45.0 Å². The van der Waals surface area contributed by atoms with Gasteiger partial charge in [0.1, 0.15) is 5.75 Å². The molecular weight excluding hydrogens is 306 g/mol. The molecular formula is C14H18BrN3O. The highest BCUT2D eigenvalue weighted by Gasteiger charge is 2.16. The van der Waals surface area contributed by atoms with Crippen molar-refractivity contribution in [2.24, 2.45) is 5.73 Å². The number of nitrogens with one attached hydrogen (secondary N) is 1. The van der Waals surface area contributed by atoms with Crippen molar-refractivity contribution >= 4 is 15.9 Å². The number of nitrogens with zero attached hydrogens (tertiary/aromatic N) is 1. The van der Waals surface area contributed by atoms with Gasteiger partial charge in [-0.25, -0.2) is 4.98 Å². The third-order valence-electron chi connectivity index (χ3n) is 3.02. The van der Waals surface area contributed by atoms with Crippen molar-refractivity contribution in [2.75, 3.05) is 13.7 Å². The van der Waals surface area contributed by atoms with Gasteiger partial charge in [0, 0.05) is 17.7 Å². The predicted octanol–water partition coefficient (Wildman–Crippen LogP) is 2.97. The quantitative estimate of drug-likeness (QED) is 0.909. The molecule has 0 radical (unpaired) electrons. The SMILES string of the molecule is COc1c(C)cc(C)cc1-c1nc(Br)[nH]c1CCN. The third-order valence-corrected chi connectivity index (χ3v) is 3.40. The van der Waals surface area contributed by atoms with Crippen LogP contribution in [0.1, 0.15) is 16.8 Å². The van der Waals surface area contributed by atoms with Gasteiger partial charge in [0.15, 0.2) is 4.73 Å². The van der Waals surface area contributed by atoms with Crippen molar-refractivity contribution in [1.29, 1.82) is 0 Å². The van der Waals surface area contributed by atoms with E-state index in [1.54, 1.807) is 7.11 Å². The summed E-state index contributed by atoms with van der Waals surface area (Å²) in [5.74, 6) is 0.864.